The Kier molecular flexibility index (Phi) is 6.53. The molecule has 0 radical (unpaired) electrons. The first kappa shape index (κ1) is 17.2. The summed E-state index contributed by atoms with van der Waals surface area (Å²) in [6, 6.07) is 19.0. The van der Waals surface area contributed by atoms with E-state index in [4.69, 9.17) is 4.74 Å². The average molecular weight is 321 g/mol. The molecule has 2 rings (SSSR count). The maximum absolute atomic E-state index is 12.2. The number of rotatable bonds is 6. The van der Waals surface area contributed by atoms with E-state index in [1.165, 1.54) is 6.92 Å². The maximum Gasteiger partial charge on any atom is 0.355 e. The van der Waals surface area contributed by atoms with Gasteiger partial charge in [-0.1, -0.05) is 66.7 Å². The Bertz CT molecular complexity index is 734. The van der Waals surface area contributed by atoms with Crippen molar-refractivity contribution in [2.24, 2.45) is 0 Å². The van der Waals surface area contributed by atoms with Crippen LogP contribution in [0.1, 0.15) is 18.1 Å². The fourth-order valence-corrected chi connectivity index (χ4v) is 2.00. The maximum atomic E-state index is 12.2. The Labute approximate surface area is 141 Å². The number of nitrogens with one attached hydrogen (secondary N) is 1. The molecule has 0 aliphatic carbocycles. The summed E-state index contributed by atoms with van der Waals surface area (Å²) in [5.41, 5.74) is 1.94. The van der Waals surface area contributed by atoms with Crippen molar-refractivity contribution in [2.45, 2.75) is 6.92 Å². The van der Waals surface area contributed by atoms with Gasteiger partial charge in [0, 0.05) is 6.92 Å². The lowest BCUT2D eigenvalue weighted by Crippen LogP contribution is -2.26. The number of carbonyl (C=O) groups is 2. The topological polar surface area (TPSA) is 55.4 Å². The molecule has 1 N–H and O–H groups in total. The molecule has 0 aliphatic heterocycles. The summed E-state index contributed by atoms with van der Waals surface area (Å²) in [6.07, 6.45) is 5.21. The SMILES string of the molecule is CC(=O)NC(=Cc1ccccc1)C(=O)OCC=Cc1ccccc1. The lowest BCUT2D eigenvalue weighted by Gasteiger charge is -2.07. The second-order valence-corrected chi connectivity index (χ2v) is 5.06. The Morgan fingerprint density at radius 2 is 1.54 bits per heavy atom. The van der Waals surface area contributed by atoms with Crippen LogP contribution in [-0.4, -0.2) is 18.5 Å². The fourth-order valence-electron chi connectivity index (χ4n) is 2.00. The molecule has 122 valence electrons. The molecule has 2 aromatic rings. The summed E-state index contributed by atoms with van der Waals surface area (Å²) in [7, 11) is 0. The van der Waals surface area contributed by atoms with Crippen molar-refractivity contribution in [3.63, 3.8) is 0 Å². The molecule has 0 spiro atoms. The predicted molar refractivity (Wildman–Crippen MR) is 94.7 cm³/mol. The summed E-state index contributed by atoms with van der Waals surface area (Å²) >= 11 is 0. The molecule has 0 saturated carbocycles. The van der Waals surface area contributed by atoms with E-state index in [2.05, 4.69) is 5.32 Å². The number of esters is 1. The molecule has 4 nitrogen and oxygen atoms in total. The van der Waals surface area contributed by atoms with Gasteiger partial charge in [-0.05, 0) is 23.3 Å². The van der Waals surface area contributed by atoms with Crippen LogP contribution in [-0.2, 0) is 14.3 Å². The smallest absolute Gasteiger partial charge is 0.355 e. The second kappa shape index (κ2) is 9.10. The van der Waals surface area contributed by atoms with Crippen LogP contribution in [0.15, 0.2) is 72.4 Å². The van der Waals surface area contributed by atoms with Crippen molar-refractivity contribution < 1.29 is 14.3 Å². The zero-order valence-electron chi connectivity index (χ0n) is 13.4. The molecule has 0 bridgehead atoms. The van der Waals surface area contributed by atoms with Crippen LogP contribution >= 0.6 is 0 Å². The van der Waals surface area contributed by atoms with Crippen molar-refractivity contribution in [2.75, 3.05) is 6.61 Å². The molecule has 1 amide bonds. The fraction of sp³-hybridized carbons (Fsp3) is 0.100. The minimum atomic E-state index is -0.577. The van der Waals surface area contributed by atoms with Gasteiger partial charge in [0.05, 0.1) is 0 Å². The first-order valence-corrected chi connectivity index (χ1v) is 7.58. The van der Waals surface area contributed by atoms with Gasteiger partial charge in [0.25, 0.3) is 0 Å². The molecule has 2 aromatic carbocycles. The number of hydrogen-bond acceptors (Lipinski definition) is 3. The molecule has 0 fully saturated rings. The Hall–Kier alpha value is -3.14. The van der Waals surface area contributed by atoms with Crippen LogP contribution in [0.25, 0.3) is 12.2 Å². The minimum absolute atomic E-state index is 0.113. The highest BCUT2D eigenvalue weighted by Gasteiger charge is 2.12. The monoisotopic (exact) mass is 321 g/mol. The van der Waals surface area contributed by atoms with E-state index in [1.54, 1.807) is 12.2 Å². The van der Waals surface area contributed by atoms with Crippen molar-refractivity contribution in [3.8, 4) is 0 Å². The van der Waals surface area contributed by atoms with Crippen molar-refractivity contribution >= 4 is 24.0 Å². The zero-order chi connectivity index (χ0) is 17.2. The quantitative estimate of drug-likeness (QED) is 0.655. The normalized spacial score (nSPS) is 11.3. The minimum Gasteiger partial charge on any atom is -0.457 e. The van der Waals surface area contributed by atoms with E-state index < -0.39 is 5.97 Å². The van der Waals surface area contributed by atoms with E-state index in [-0.39, 0.29) is 18.2 Å². The molecule has 0 saturated heterocycles. The molecule has 0 heterocycles. The molecule has 4 heteroatoms. The summed E-state index contributed by atoms with van der Waals surface area (Å²) in [6.45, 7) is 1.47. The molecule has 0 aromatic heterocycles. The van der Waals surface area contributed by atoms with Gasteiger partial charge in [-0.25, -0.2) is 4.79 Å². The summed E-state index contributed by atoms with van der Waals surface area (Å²) in [4.78, 5) is 23.4. The number of hydrogen-bond donors (Lipinski definition) is 1. The molecule has 0 aliphatic rings. The second-order valence-electron chi connectivity index (χ2n) is 5.06. The van der Waals surface area contributed by atoms with Crippen LogP contribution in [0.4, 0.5) is 0 Å². The first-order chi connectivity index (χ1) is 11.6. The van der Waals surface area contributed by atoms with Crippen molar-refractivity contribution in [1.29, 1.82) is 0 Å². The molecular formula is C20H19NO3. The summed E-state index contributed by atoms with van der Waals surface area (Å²) in [5, 5.41) is 2.51. The van der Waals surface area contributed by atoms with E-state index in [9.17, 15) is 9.59 Å². The van der Waals surface area contributed by atoms with Gasteiger partial charge in [-0.2, -0.15) is 0 Å². The van der Waals surface area contributed by atoms with Gasteiger partial charge in [0.2, 0.25) is 5.91 Å². The Morgan fingerprint density at radius 1 is 0.958 bits per heavy atom. The van der Waals surface area contributed by atoms with Gasteiger partial charge < -0.3 is 10.1 Å². The highest BCUT2D eigenvalue weighted by atomic mass is 16.5. The average Bonchev–Trinajstić information content (AvgIpc) is 2.59. The highest BCUT2D eigenvalue weighted by Crippen LogP contribution is 2.07. The van der Waals surface area contributed by atoms with Crippen LogP contribution in [0, 0.1) is 0 Å². The van der Waals surface area contributed by atoms with Crippen LogP contribution in [0.5, 0.6) is 0 Å². The predicted octanol–water partition coefficient (Wildman–Crippen LogP) is 3.42. The lowest BCUT2D eigenvalue weighted by molar-refractivity contribution is -0.139. The van der Waals surface area contributed by atoms with Crippen LogP contribution in [0.2, 0.25) is 0 Å². The molecule has 24 heavy (non-hydrogen) atoms. The zero-order valence-corrected chi connectivity index (χ0v) is 13.4. The lowest BCUT2D eigenvalue weighted by atomic mass is 10.2. The largest absolute Gasteiger partial charge is 0.457 e. The Balaban J connectivity index is 1.99. The van der Waals surface area contributed by atoms with Crippen molar-refractivity contribution in [3.05, 3.63) is 83.6 Å². The Morgan fingerprint density at radius 3 is 2.12 bits per heavy atom. The number of benzene rings is 2. The van der Waals surface area contributed by atoms with E-state index in [0.717, 1.165) is 11.1 Å². The van der Waals surface area contributed by atoms with Gasteiger partial charge in [-0.15, -0.1) is 0 Å². The molecule has 0 unspecified atom stereocenters. The highest BCUT2D eigenvalue weighted by molar-refractivity contribution is 5.97. The number of ether oxygens (including phenoxy) is 1. The van der Waals surface area contributed by atoms with Gasteiger partial charge >= 0.3 is 5.97 Å². The van der Waals surface area contributed by atoms with E-state index >= 15 is 0 Å². The summed E-state index contributed by atoms with van der Waals surface area (Å²) < 4.78 is 5.19. The molecular weight excluding hydrogens is 302 g/mol. The third-order valence-electron chi connectivity index (χ3n) is 3.06. The van der Waals surface area contributed by atoms with Gasteiger partial charge in [0.15, 0.2) is 0 Å². The first-order valence-electron chi connectivity index (χ1n) is 7.58. The number of amides is 1. The van der Waals surface area contributed by atoms with Crippen LogP contribution < -0.4 is 5.32 Å². The molecule has 0 atom stereocenters. The van der Waals surface area contributed by atoms with Crippen LogP contribution in [0.3, 0.4) is 0 Å². The third kappa shape index (κ3) is 5.93. The number of carbonyl (C=O) groups excluding carboxylic acids is 2. The van der Waals surface area contributed by atoms with Gasteiger partial charge in [-0.3, -0.25) is 4.79 Å². The van der Waals surface area contributed by atoms with Crippen molar-refractivity contribution in [1.82, 2.24) is 5.32 Å². The third-order valence-corrected chi connectivity index (χ3v) is 3.06. The van der Waals surface area contributed by atoms with E-state index in [0.29, 0.717) is 0 Å². The standard InChI is InChI=1S/C20H19NO3/c1-16(22)21-19(15-18-11-6-3-7-12-18)20(23)24-14-8-13-17-9-4-2-5-10-17/h2-13,15H,14H2,1H3,(H,21,22). The summed E-state index contributed by atoms with van der Waals surface area (Å²) in [5.74, 6) is -0.902. The van der Waals surface area contributed by atoms with E-state index in [1.807, 2.05) is 66.7 Å². The van der Waals surface area contributed by atoms with Gasteiger partial charge in [0.1, 0.15) is 12.3 Å².